The highest BCUT2D eigenvalue weighted by Crippen LogP contribution is 2.19. The van der Waals surface area contributed by atoms with E-state index in [4.69, 9.17) is 5.73 Å². The molecule has 2 aromatic rings. The molecule has 1 aromatic heterocycles. The van der Waals surface area contributed by atoms with Gasteiger partial charge in [-0.3, -0.25) is 0 Å². The van der Waals surface area contributed by atoms with Crippen LogP contribution in [0.25, 0.3) is 11.0 Å². The smallest absolute Gasteiger partial charge is 0.128 e. The van der Waals surface area contributed by atoms with E-state index in [9.17, 15) is 4.39 Å². The summed E-state index contributed by atoms with van der Waals surface area (Å²) in [4.78, 5) is 4.49. The molecule has 0 fully saturated rings. The molecule has 1 aromatic carbocycles. The van der Waals surface area contributed by atoms with Gasteiger partial charge in [0.25, 0.3) is 0 Å². The predicted octanol–water partition coefficient (Wildman–Crippen LogP) is 1.91. The number of nitrogens with zero attached hydrogens (tertiary/aromatic N) is 2. The normalized spacial score (nSPS) is 11.2. The van der Waals surface area contributed by atoms with E-state index < -0.39 is 0 Å². The fourth-order valence-electron chi connectivity index (χ4n) is 1.85. The fraction of sp³-hybridized carbons (Fsp3) is 0.417. The Bertz CT molecular complexity index is 516. The first-order valence-corrected chi connectivity index (χ1v) is 5.45. The second-order valence-corrected chi connectivity index (χ2v) is 4.07. The number of aryl methyl sites for hydroxylation is 3. The lowest BCUT2D eigenvalue weighted by atomic mass is 10.2. The molecule has 16 heavy (non-hydrogen) atoms. The first-order chi connectivity index (χ1) is 7.63. The summed E-state index contributed by atoms with van der Waals surface area (Å²) in [5.74, 6) is 0.784. The zero-order chi connectivity index (χ0) is 11.7. The van der Waals surface area contributed by atoms with E-state index in [1.54, 1.807) is 19.1 Å². The Labute approximate surface area is 94.1 Å². The quantitative estimate of drug-likeness (QED) is 0.860. The van der Waals surface area contributed by atoms with E-state index in [-0.39, 0.29) is 5.82 Å². The maximum absolute atomic E-state index is 13.4. The predicted molar refractivity (Wildman–Crippen MR) is 62.8 cm³/mol. The third kappa shape index (κ3) is 1.80. The van der Waals surface area contributed by atoms with Crippen LogP contribution in [0, 0.1) is 12.7 Å². The molecule has 3 nitrogen and oxygen atoms in total. The van der Waals surface area contributed by atoms with Crippen LogP contribution in [0.4, 0.5) is 4.39 Å². The Kier molecular flexibility index (Phi) is 2.92. The van der Waals surface area contributed by atoms with Gasteiger partial charge in [-0.2, -0.15) is 0 Å². The monoisotopic (exact) mass is 221 g/mol. The molecule has 0 bridgehead atoms. The van der Waals surface area contributed by atoms with E-state index >= 15 is 0 Å². The topological polar surface area (TPSA) is 43.8 Å². The van der Waals surface area contributed by atoms with Gasteiger partial charge >= 0.3 is 0 Å². The van der Waals surface area contributed by atoms with Gasteiger partial charge in [0.1, 0.15) is 11.6 Å². The third-order valence-corrected chi connectivity index (χ3v) is 2.86. The van der Waals surface area contributed by atoms with Crippen molar-refractivity contribution in [3.63, 3.8) is 0 Å². The Morgan fingerprint density at radius 3 is 2.88 bits per heavy atom. The van der Waals surface area contributed by atoms with Gasteiger partial charge < -0.3 is 10.3 Å². The summed E-state index contributed by atoms with van der Waals surface area (Å²) < 4.78 is 15.4. The number of hydrogen-bond donors (Lipinski definition) is 1. The van der Waals surface area contributed by atoms with Gasteiger partial charge in [0.15, 0.2) is 0 Å². The van der Waals surface area contributed by atoms with Crippen LogP contribution in [0.2, 0.25) is 0 Å². The molecule has 86 valence electrons. The van der Waals surface area contributed by atoms with Crippen molar-refractivity contribution in [2.24, 2.45) is 12.8 Å². The largest absolute Gasteiger partial charge is 0.331 e. The number of rotatable bonds is 3. The van der Waals surface area contributed by atoms with Crippen LogP contribution in [0.3, 0.4) is 0 Å². The van der Waals surface area contributed by atoms with Gasteiger partial charge in [-0.1, -0.05) is 0 Å². The zero-order valence-corrected chi connectivity index (χ0v) is 9.63. The molecule has 2 N–H and O–H groups in total. The molecular formula is C12H16FN3. The maximum Gasteiger partial charge on any atom is 0.128 e. The van der Waals surface area contributed by atoms with E-state index in [0.29, 0.717) is 12.1 Å². The minimum Gasteiger partial charge on any atom is -0.331 e. The van der Waals surface area contributed by atoms with Crippen molar-refractivity contribution in [3.05, 3.63) is 29.3 Å². The van der Waals surface area contributed by atoms with Crippen LogP contribution in [0.1, 0.15) is 17.8 Å². The molecule has 0 saturated carbocycles. The van der Waals surface area contributed by atoms with Gasteiger partial charge in [0.2, 0.25) is 0 Å². The van der Waals surface area contributed by atoms with Crippen LogP contribution in [0.5, 0.6) is 0 Å². The van der Waals surface area contributed by atoms with Gasteiger partial charge in [-0.25, -0.2) is 9.37 Å². The second kappa shape index (κ2) is 4.22. The molecular weight excluding hydrogens is 205 g/mol. The van der Waals surface area contributed by atoms with Gasteiger partial charge in [-0.15, -0.1) is 0 Å². The molecule has 2 rings (SSSR count). The number of hydrogen-bond acceptors (Lipinski definition) is 2. The summed E-state index contributed by atoms with van der Waals surface area (Å²) in [6.07, 6.45) is 1.74. The van der Waals surface area contributed by atoms with Crippen molar-refractivity contribution in [3.8, 4) is 0 Å². The molecule has 0 aliphatic carbocycles. The highest BCUT2D eigenvalue weighted by Gasteiger charge is 2.09. The third-order valence-electron chi connectivity index (χ3n) is 2.86. The number of fused-ring (bicyclic) bond motifs is 1. The Hall–Kier alpha value is -1.42. The Morgan fingerprint density at radius 2 is 2.19 bits per heavy atom. The zero-order valence-electron chi connectivity index (χ0n) is 9.63. The van der Waals surface area contributed by atoms with Gasteiger partial charge in [-0.05, 0) is 31.5 Å². The van der Waals surface area contributed by atoms with Crippen molar-refractivity contribution < 1.29 is 4.39 Å². The molecule has 1 heterocycles. The van der Waals surface area contributed by atoms with Crippen LogP contribution >= 0.6 is 0 Å². The molecule has 0 aliphatic heterocycles. The number of halogens is 1. The van der Waals surface area contributed by atoms with E-state index in [0.717, 1.165) is 29.7 Å². The maximum atomic E-state index is 13.4. The van der Waals surface area contributed by atoms with Crippen LogP contribution in [-0.4, -0.2) is 16.1 Å². The Balaban J connectivity index is 2.50. The van der Waals surface area contributed by atoms with Crippen molar-refractivity contribution in [2.75, 3.05) is 6.54 Å². The van der Waals surface area contributed by atoms with E-state index in [2.05, 4.69) is 4.98 Å². The number of aromatic nitrogens is 2. The first kappa shape index (κ1) is 11.1. The van der Waals surface area contributed by atoms with Crippen LogP contribution < -0.4 is 5.73 Å². The van der Waals surface area contributed by atoms with Crippen molar-refractivity contribution in [1.29, 1.82) is 0 Å². The number of imidazole rings is 1. The summed E-state index contributed by atoms with van der Waals surface area (Å²) in [5.41, 5.74) is 7.80. The lowest BCUT2D eigenvalue weighted by molar-refractivity contribution is 0.619. The van der Waals surface area contributed by atoms with Crippen molar-refractivity contribution in [1.82, 2.24) is 9.55 Å². The van der Waals surface area contributed by atoms with Crippen LogP contribution in [0.15, 0.2) is 12.1 Å². The van der Waals surface area contributed by atoms with Gasteiger partial charge in [0, 0.05) is 19.5 Å². The number of nitrogens with two attached hydrogens (primary N) is 1. The highest BCUT2D eigenvalue weighted by molar-refractivity contribution is 5.77. The lowest BCUT2D eigenvalue weighted by Crippen LogP contribution is -2.04. The lowest BCUT2D eigenvalue weighted by Gasteiger charge is -2.01. The summed E-state index contributed by atoms with van der Waals surface area (Å²) in [5, 5.41) is 0. The second-order valence-electron chi connectivity index (χ2n) is 4.07. The summed E-state index contributed by atoms with van der Waals surface area (Å²) in [7, 11) is 1.91. The van der Waals surface area contributed by atoms with Crippen LogP contribution in [-0.2, 0) is 13.5 Å². The number of benzene rings is 1. The minimum atomic E-state index is -0.180. The summed E-state index contributed by atoms with van der Waals surface area (Å²) >= 11 is 0. The molecule has 0 amide bonds. The van der Waals surface area contributed by atoms with E-state index in [1.807, 2.05) is 11.6 Å². The molecule has 0 unspecified atom stereocenters. The van der Waals surface area contributed by atoms with Crippen molar-refractivity contribution in [2.45, 2.75) is 19.8 Å². The summed E-state index contributed by atoms with van der Waals surface area (Å²) in [6, 6.07) is 3.33. The molecule has 0 spiro atoms. The fourth-order valence-corrected chi connectivity index (χ4v) is 1.85. The average Bonchev–Trinajstić information content (AvgIpc) is 2.54. The van der Waals surface area contributed by atoms with Gasteiger partial charge in [0.05, 0.1) is 11.0 Å². The molecule has 4 heteroatoms. The SMILES string of the molecule is Cc1cc2nc(CCCN)n(C)c2cc1F. The standard InChI is InChI=1S/C12H16FN3/c1-8-6-10-11(7-9(8)13)16(2)12(15-10)4-3-5-14/h6-7H,3-5,14H2,1-2H3. The van der Waals surface area contributed by atoms with Crippen molar-refractivity contribution >= 4 is 11.0 Å². The molecule has 0 saturated heterocycles. The Morgan fingerprint density at radius 1 is 1.44 bits per heavy atom. The summed E-state index contributed by atoms with van der Waals surface area (Å²) in [6.45, 7) is 2.40. The molecule has 0 radical (unpaired) electrons. The molecule has 0 atom stereocenters. The van der Waals surface area contributed by atoms with E-state index in [1.165, 1.54) is 0 Å². The molecule has 0 aliphatic rings. The minimum absolute atomic E-state index is 0.180. The average molecular weight is 221 g/mol. The first-order valence-electron chi connectivity index (χ1n) is 5.45. The highest BCUT2D eigenvalue weighted by atomic mass is 19.1.